The molecular formula is C16H18O6. The number of fused-ring (bicyclic) bond motifs is 1. The zero-order valence-electron chi connectivity index (χ0n) is 11.7. The molecule has 2 aromatic carbocycles. The van der Waals surface area contributed by atoms with Crippen LogP contribution in [0, 0.1) is 0 Å². The monoisotopic (exact) mass is 306 g/mol. The van der Waals surface area contributed by atoms with Crippen molar-refractivity contribution in [3.63, 3.8) is 0 Å². The van der Waals surface area contributed by atoms with Gasteiger partial charge in [0.1, 0.15) is 30.2 Å². The van der Waals surface area contributed by atoms with Crippen LogP contribution in [0.25, 0.3) is 10.8 Å². The van der Waals surface area contributed by atoms with Crippen LogP contribution in [0.1, 0.15) is 0 Å². The summed E-state index contributed by atoms with van der Waals surface area (Å²) >= 11 is 0. The topological polar surface area (TPSA) is 99.4 Å². The maximum absolute atomic E-state index is 9.95. The molecule has 1 aliphatic heterocycles. The van der Waals surface area contributed by atoms with Crippen molar-refractivity contribution in [3.8, 4) is 5.75 Å². The van der Waals surface area contributed by atoms with E-state index in [-0.39, 0.29) is 0 Å². The van der Waals surface area contributed by atoms with E-state index in [1.165, 1.54) is 0 Å². The molecule has 0 aliphatic carbocycles. The van der Waals surface area contributed by atoms with E-state index in [0.717, 1.165) is 10.8 Å². The molecule has 0 radical (unpaired) electrons. The van der Waals surface area contributed by atoms with E-state index in [4.69, 9.17) is 14.6 Å². The van der Waals surface area contributed by atoms with Gasteiger partial charge in [0.05, 0.1) is 6.61 Å². The third-order valence-electron chi connectivity index (χ3n) is 3.82. The Kier molecular flexibility index (Phi) is 4.28. The number of hydrogen-bond acceptors (Lipinski definition) is 6. The normalized spacial score (nSPS) is 32.1. The zero-order valence-corrected chi connectivity index (χ0v) is 11.7. The molecule has 6 nitrogen and oxygen atoms in total. The molecular weight excluding hydrogens is 288 g/mol. The lowest BCUT2D eigenvalue weighted by Crippen LogP contribution is -2.60. The lowest BCUT2D eigenvalue weighted by Gasteiger charge is -2.39. The first kappa shape index (κ1) is 15.2. The van der Waals surface area contributed by atoms with Gasteiger partial charge in [0.2, 0.25) is 6.29 Å². The van der Waals surface area contributed by atoms with E-state index in [9.17, 15) is 15.3 Å². The summed E-state index contributed by atoms with van der Waals surface area (Å²) in [6, 6.07) is 13.1. The highest BCUT2D eigenvalue weighted by Crippen LogP contribution is 2.26. The maximum atomic E-state index is 9.95. The second kappa shape index (κ2) is 6.20. The second-order valence-corrected chi connectivity index (χ2v) is 5.32. The highest BCUT2D eigenvalue weighted by atomic mass is 16.7. The highest BCUT2D eigenvalue weighted by Gasteiger charge is 2.44. The SMILES string of the molecule is OC[C@H]1OC(Oc2ccc3ccccc3c2)[C@H](O)[C@@H](O)[C@@H]1O. The lowest BCUT2D eigenvalue weighted by atomic mass is 9.99. The van der Waals surface area contributed by atoms with Crippen LogP contribution in [0.5, 0.6) is 5.75 Å². The number of rotatable bonds is 3. The molecule has 22 heavy (non-hydrogen) atoms. The van der Waals surface area contributed by atoms with Crippen molar-refractivity contribution in [3.05, 3.63) is 42.5 Å². The molecule has 0 aromatic heterocycles. The molecule has 4 N–H and O–H groups in total. The van der Waals surface area contributed by atoms with Crippen molar-refractivity contribution in [2.24, 2.45) is 0 Å². The number of hydrogen-bond donors (Lipinski definition) is 4. The molecule has 118 valence electrons. The summed E-state index contributed by atoms with van der Waals surface area (Å²) in [7, 11) is 0. The predicted molar refractivity (Wildman–Crippen MR) is 78.3 cm³/mol. The summed E-state index contributed by atoms with van der Waals surface area (Å²) in [6.07, 6.45) is -6.40. The molecule has 0 spiro atoms. The number of benzene rings is 2. The molecule has 1 unspecified atom stereocenters. The first-order valence-electron chi connectivity index (χ1n) is 7.06. The first-order chi connectivity index (χ1) is 10.6. The van der Waals surface area contributed by atoms with E-state index < -0.39 is 37.3 Å². The number of aliphatic hydroxyl groups excluding tert-OH is 4. The van der Waals surface area contributed by atoms with E-state index in [1.54, 1.807) is 12.1 Å². The highest BCUT2D eigenvalue weighted by molar-refractivity contribution is 5.83. The van der Waals surface area contributed by atoms with Crippen LogP contribution in [-0.2, 0) is 4.74 Å². The van der Waals surface area contributed by atoms with Crippen LogP contribution in [0.4, 0.5) is 0 Å². The van der Waals surface area contributed by atoms with Gasteiger partial charge in [0, 0.05) is 0 Å². The quantitative estimate of drug-likeness (QED) is 0.638. The first-order valence-corrected chi connectivity index (χ1v) is 7.06. The van der Waals surface area contributed by atoms with Crippen molar-refractivity contribution >= 4 is 10.8 Å². The Hall–Kier alpha value is -1.70. The fourth-order valence-electron chi connectivity index (χ4n) is 2.54. The van der Waals surface area contributed by atoms with Crippen molar-refractivity contribution < 1.29 is 29.9 Å². The van der Waals surface area contributed by atoms with Crippen molar-refractivity contribution in [2.45, 2.75) is 30.7 Å². The van der Waals surface area contributed by atoms with Gasteiger partial charge in [0.15, 0.2) is 0 Å². The molecule has 1 heterocycles. The van der Waals surface area contributed by atoms with E-state index >= 15 is 0 Å². The summed E-state index contributed by atoms with van der Waals surface area (Å²) in [5.41, 5.74) is 0. The van der Waals surface area contributed by atoms with Crippen LogP contribution in [0.15, 0.2) is 42.5 Å². The van der Waals surface area contributed by atoms with Crippen molar-refractivity contribution in [1.29, 1.82) is 0 Å². The largest absolute Gasteiger partial charge is 0.462 e. The molecule has 0 saturated carbocycles. The smallest absolute Gasteiger partial charge is 0.229 e. The minimum Gasteiger partial charge on any atom is -0.462 e. The van der Waals surface area contributed by atoms with Crippen molar-refractivity contribution in [2.75, 3.05) is 6.61 Å². The molecule has 2 aromatic rings. The molecule has 3 rings (SSSR count). The van der Waals surface area contributed by atoms with E-state index in [1.807, 2.05) is 30.3 Å². The minimum atomic E-state index is -1.45. The lowest BCUT2D eigenvalue weighted by molar-refractivity contribution is -0.277. The second-order valence-electron chi connectivity index (χ2n) is 5.32. The average Bonchev–Trinajstić information content (AvgIpc) is 2.55. The van der Waals surface area contributed by atoms with Gasteiger partial charge in [-0.3, -0.25) is 0 Å². The van der Waals surface area contributed by atoms with Crippen LogP contribution in [-0.4, -0.2) is 57.7 Å². The fraction of sp³-hybridized carbons (Fsp3) is 0.375. The van der Waals surface area contributed by atoms with Crippen LogP contribution in [0.3, 0.4) is 0 Å². The Labute approximate surface area is 127 Å². The third-order valence-corrected chi connectivity index (χ3v) is 3.82. The Balaban J connectivity index is 1.80. The van der Waals surface area contributed by atoms with Crippen LogP contribution >= 0.6 is 0 Å². The van der Waals surface area contributed by atoms with Gasteiger partial charge in [-0.05, 0) is 22.9 Å². The zero-order chi connectivity index (χ0) is 15.7. The molecule has 6 heteroatoms. The minimum absolute atomic E-state index is 0.461. The molecule has 1 aliphatic rings. The molecule has 5 atom stereocenters. The third kappa shape index (κ3) is 2.79. The van der Waals surface area contributed by atoms with Gasteiger partial charge in [-0.2, -0.15) is 0 Å². The van der Waals surface area contributed by atoms with Gasteiger partial charge in [0.25, 0.3) is 0 Å². The molecule has 0 amide bonds. The summed E-state index contributed by atoms with van der Waals surface area (Å²) < 4.78 is 10.9. The Morgan fingerprint density at radius 1 is 0.909 bits per heavy atom. The van der Waals surface area contributed by atoms with E-state index in [0.29, 0.717) is 5.75 Å². The average molecular weight is 306 g/mol. The standard InChI is InChI=1S/C16H18O6/c17-8-12-13(18)14(19)15(20)16(22-12)21-11-6-5-9-3-1-2-4-10(9)7-11/h1-7,12-20H,8H2/t12-,13-,14+,15-,16?/m1/s1. The predicted octanol–water partition coefficient (Wildman–Crippen LogP) is 0.0185. The summed E-state index contributed by atoms with van der Waals surface area (Å²) in [6.45, 7) is -0.484. The van der Waals surface area contributed by atoms with Gasteiger partial charge in [-0.25, -0.2) is 0 Å². The van der Waals surface area contributed by atoms with Crippen LogP contribution < -0.4 is 4.74 Å². The Bertz CT molecular complexity index is 643. The summed E-state index contributed by atoms with van der Waals surface area (Å²) in [5.74, 6) is 0.461. The van der Waals surface area contributed by atoms with Crippen LogP contribution in [0.2, 0.25) is 0 Å². The summed E-state index contributed by atoms with van der Waals surface area (Å²) in [4.78, 5) is 0. The molecule has 1 saturated heterocycles. The van der Waals surface area contributed by atoms with Gasteiger partial charge < -0.3 is 29.9 Å². The number of ether oxygens (including phenoxy) is 2. The fourth-order valence-corrected chi connectivity index (χ4v) is 2.54. The van der Waals surface area contributed by atoms with E-state index in [2.05, 4.69) is 0 Å². The van der Waals surface area contributed by atoms with Gasteiger partial charge in [-0.15, -0.1) is 0 Å². The maximum Gasteiger partial charge on any atom is 0.229 e. The Morgan fingerprint density at radius 2 is 1.64 bits per heavy atom. The molecule has 0 bridgehead atoms. The molecule has 1 fully saturated rings. The Morgan fingerprint density at radius 3 is 2.36 bits per heavy atom. The number of aliphatic hydroxyl groups is 4. The summed E-state index contributed by atoms with van der Waals surface area (Å²) in [5, 5.41) is 40.6. The van der Waals surface area contributed by atoms with Gasteiger partial charge >= 0.3 is 0 Å². The van der Waals surface area contributed by atoms with Crippen molar-refractivity contribution in [1.82, 2.24) is 0 Å². The van der Waals surface area contributed by atoms with Gasteiger partial charge in [-0.1, -0.05) is 30.3 Å².